The van der Waals surface area contributed by atoms with E-state index in [0.717, 1.165) is 76.0 Å². The summed E-state index contributed by atoms with van der Waals surface area (Å²) in [6.07, 6.45) is -0.215. The Balaban J connectivity index is 0.000000184. The molecule has 0 radical (unpaired) electrons. The Hall–Kier alpha value is -4.85. The van der Waals surface area contributed by atoms with Gasteiger partial charge in [0, 0.05) is 96.1 Å². The van der Waals surface area contributed by atoms with Crippen molar-refractivity contribution in [2.75, 3.05) is 89.7 Å². The smallest absolute Gasteiger partial charge is 0.410 e. The molecule has 3 aromatic rings. The molecule has 0 aliphatic carbocycles. The van der Waals surface area contributed by atoms with Gasteiger partial charge in [0.2, 0.25) is 11.8 Å². The van der Waals surface area contributed by atoms with E-state index >= 15 is 0 Å². The van der Waals surface area contributed by atoms with Gasteiger partial charge in [-0.3, -0.25) is 24.3 Å². The van der Waals surface area contributed by atoms with Crippen molar-refractivity contribution in [1.82, 2.24) is 29.8 Å². The molecule has 0 spiro atoms. The van der Waals surface area contributed by atoms with E-state index < -0.39 is 5.60 Å². The van der Waals surface area contributed by atoms with Gasteiger partial charge in [-0.25, -0.2) is 4.79 Å². The minimum atomic E-state index is -0.438. The molecule has 3 aliphatic rings. The molecule has 13 heteroatoms. The van der Waals surface area contributed by atoms with Crippen LogP contribution < -0.4 is 22.5 Å². The van der Waals surface area contributed by atoms with Crippen LogP contribution in [-0.4, -0.2) is 121 Å². The number of aryl methyl sites for hydroxylation is 2. The van der Waals surface area contributed by atoms with Gasteiger partial charge in [-0.2, -0.15) is 0 Å². The number of hydrogen-bond donors (Lipinski definition) is 4. The van der Waals surface area contributed by atoms with Crippen molar-refractivity contribution >= 4 is 35.0 Å². The average molecular weight is 744 g/mol. The first-order chi connectivity index (χ1) is 25.5. The lowest BCUT2D eigenvalue weighted by atomic mass is 10.1. The summed E-state index contributed by atoms with van der Waals surface area (Å²) in [5.41, 5.74) is 25.3. The van der Waals surface area contributed by atoms with Gasteiger partial charge in [-0.05, 0) is 98.8 Å². The van der Waals surface area contributed by atoms with Gasteiger partial charge >= 0.3 is 6.09 Å². The molecule has 7 N–H and O–H groups in total. The zero-order valence-electron chi connectivity index (χ0n) is 33.1. The number of amides is 3. The highest BCUT2D eigenvalue weighted by molar-refractivity contribution is 5.79. The van der Waals surface area contributed by atoms with E-state index in [9.17, 15) is 14.4 Å². The number of anilines is 3. The van der Waals surface area contributed by atoms with Crippen molar-refractivity contribution in [3.8, 4) is 0 Å². The standard InChI is InChI=1S/C17H27N3O2.2C12H17N3O/c1-13-5-6-15(18)11-14(13)12-19-7-9-20(10-8-19)16(21)22-17(2,3)4;1-14-6-7-15(9-12(14)16)8-10-2-4-11(13)5-3-10;1-9-2-3-11(13)6-10(9)7-15-5-4-14-12(16)8-15/h5-6,11H,7-10,12,18H2,1-4H3;2-5H,6-9,13H2,1H3;2-3,6H,4-5,7-8,13H2,1H3,(H,14,16). The Kier molecular flexibility index (Phi) is 15.1. The van der Waals surface area contributed by atoms with Crippen LogP contribution in [0.1, 0.15) is 48.6 Å². The van der Waals surface area contributed by atoms with Gasteiger partial charge in [0.1, 0.15) is 5.60 Å². The first kappa shape index (κ1) is 41.9. The van der Waals surface area contributed by atoms with Crippen LogP contribution >= 0.6 is 0 Å². The number of likely N-dealkylation sites (N-methyl/N-ethyl adjacent to an activating group) is 1. The summed E-state index contributed by atoms with van der Waals surface area (Å²) in [7, 11) is 1.85. The summed E-state index contributed by atoms with van der Waals surface area (Å²) in [5.74, 6) is 0.300. The maximum absolute atomic E-state index is 12.0. The Morgan fingerprint density at radius 2 is 1.20 bits per heavy atom. The molecule has 6 rings (SSSR count). The van der Waals surface area contributed by atoms with Crippen molar-refractivity contribution in [2.24, 2.45) is 0 Å². The number of rotatable bonds is 6. The number of nitrogens with zero attached hydrogens (tertiary/aromatic N) is 5. The van der Waals surface area contributed by atoms with Crippen LogP contribution in [0.15, 0.2) is 60.7 Å². The van der Waals surface area contributed by atoms with Crippen LogP contribution in [0.4, 0.5) is 21.9 Å². The molecule has 0 unspecified atom stereocenters. The lowest BCUT2D eigenvalue weighted by Crippen LogP contribution is -2.49. The summed E-state index contributed by atoms with van der Waals surface area (Å²) in [5, 5.41) is 2.82. The number of benzene rings is 3. The Morgan fingerprint density at radius 1 is 0.685 bits per heavy atom. The molecule has 3 saturated heterocycles. The number of nitrogens with one attached hydrogen (secondary N) is 1. The highest BCUT2D eigenvalue weighted by Gasteiger charge is 2.26. The minimum Gasteiger partial charge on any atom is -0.444 e. The molecule has 0 bridgehead atoms. The molecule has 13 nitrogen and oxygen atoms in total. The molecular weight excluding hydrogens is 683 g/mol. The van der Waals surface area contributed by atoms with Gasteiger partial charge in [0.25, 0.3) is 0 Å². The molecule has 0 saturated carbocycles. The third-order valence-corrected chi connectivity index (χ3v) is 9.60. The van der Waals surface area contributed by atoms with Crippen LogP contribution in [0, 0.1) is 13.8 Å². The lowest BCUT2D eigenvalue weighted by molar-refractivity contribution is -0.134. The molecule has 0 aromatic heterocycles. The van der Waals surface area contributed by atoms with Crippen molar-refractivity contribution in [3.05, 3.63) is 88.5 Å². The molecule has 3 aromatic carbocycles. The number of carbonyl (C=O) groups excluding carboxylic acids is 3. The molecule has 3 amide bonds. The van der Waals surface area contributed by atoms with Gasteiger partial charge in [-0.15, -0.1) is 0 Å². The second kappa shape index (κ2) is 19.5. The topological polar surface area (TPSA) is 167 Å². The van der Waals surface area contributed by atoms with Crippen LogP contribution in [0.3, 0.4) is 0 Å². The molecule has 3 heterocycles. The quantitative estimate of drug-likeness (QED) is 0.274. The highest BCUT2D eigenvalue weighted by atomic mass is 16.6. The van der Waals surface area contributed by atoms with E-state index in [2.05, 4.69) is 39.9 Å². The first-order valence-corrected chi connectivity index (χ1v) is 18.7. The van der Waals surface area contributed by atoms with E-state index in [1.54, 1.807) is 9.80 Å². The molecule has 0 atom stereocenters. The van der Waals surface area contributed by atoms with Gasteiger partial charge in [0.05, 0.1) is 13.1 Å². The SMILES string of the molecule is CN1CCN(Cc2ccc(N)cc2)CC1=O.Cc1ccc(N)cc1CN1CCN(C(=O)OC(C)(C)C)CC1.Cc1ccc(N)cc1CN1CCNC(=O)C1. The largest absolute Gasteiger partial charge is 0.444 e. The van der Waals surface area contributed by atoms with E-state index in [-0.39, 0.29) is 17.9 Å². The maximum atomic E-state index is 12.0. The second-order valence-electron chi connectivity index (χ2n) is 15.4. The van der Waals surface area contributed by atoms with Crippen LogP contribution in [0.25, 0.3) is 0 Å². The summed E-state index contributed by atoms with van der Waals surface area (Å²) >= 11 is 0. The number of carbonyl (C=O) groups is 3. The fraction of sp³-hybridized carbons (Fsp3) is 0.488. The van der Waals surface area contributed by atoms with E-state index in [1.807, 2.05) is 82.4 Å². The van der Waals surface area contributed by atoms with Crippen LogP contribution in [-0.2, 0) is 34.0 Å². The first-order valence-electron chi connectivity index (χ1n) is 18.7. The Bertz CT molecular complexity index is 1700. The Labute approximate surface area is 321 Å². The van der Waals surface area contributed by atoms with Gasteiger partial charge in [-0.1, -0.05) is 24.3 Å². The number of ether oxygens (including phenoxy) is 1. The molecular formula is C41H61N9O4. The highest BCUT2D eigenvalue weighted by Crippen LogP contribution is 2.18. The molecule has 3 aliphatic heterocycles. The second-order valence-corrected chi connectivity index (χ2v) is 15.4. The van der Waals surface area contributed by atoms with Crippen molar-refractivity contribution in [2.45, 2.75) is 59.9 Å². The summed E-state index contributed by atoms with van der Waals surface area (Å²) < 4.78 is 5.42. The van der Waals surface area contributed by atoms with E-state index in [1.165, 1.54) is 27.8 Å². The van der Waals surface area contributed by atoms with E-state index in [0.29, 0.717) is 26.2 Å². The summed E-state index contributed by atoms with van der Waals surface area (Å²) in [4.78, 5) is 45.0. The number of hydrogen-bond acceptors (Lipinski definition) is 10. The maximum Gasteiger partial charge on any atom is 0.410 e. The predicted octanol–water partition coefficient (Wildman–Crippen LogP) is 3.68. The van der Waals surface area contributed by atoms with Crippen LogP contribution in [0.5, 0.6) is 0 Å². The predicted molar refractivity (Wildman–Crippen MR) is 216 cm³/mol. The lowest BCUT2D eigenvalue weighted by Gasteiger charge is -2.35. The third-order valence-electron chi connectivity index (χ3n) is 9.60. The fourth-order valence-corrected chi connectivity index (χ4v) is 6.27. The molecule has 294 valence electrons. The normalized spacial score (nSPS) is 17.1. The zero-order valence-corrected chi connectivity index (χ0v) is 33.1. The van der Waals surface area contributed by atoms with Crippen molar-refractivity contribution in [1.29, 1.82) is 0 Å². The average Bonchev–Trinajstić information content (AvgIpc) is 3.11. The zero-order chi connectivity index (χ0) is 39.4. The monoisotopic (exact) mass is 743 g/mol. The number of nitrogens with two attached hydrogens (primary N) is 3. The number of piperazine rings is 3. The third kappa shape index (κ3) is 13.9. The van der Waals surface area contributed by atoms with Gasteiger partial charge in [0.15, 0.2) is 0 Å². The van der Waals surface area contributed by atoms with Crippen molar-refractivity contribution < 1.29 is 19.1 Å². The molecule has 3 fully saturated rings. The summed E-state index contributed by atoms with van der Waals surface area (Å²) in [6, 6.07) is 19.8. The number of nitrogen functional groups attached to an aromatic ring is 3. The van der Waals surface area contributed by atoms with Crippen LogP contribution in [0.2, 0.25) is 0 Å². The summed E-state index contributed by atoms with van der Waals surface area (Å²) in [6.45, 7) is 19.8. The van der Waals surface area contributed by atoms with Crippen molar-refractivity contribution in [3.63, 3.8) is 0 Å². The molecule has 54 heavy (non-hydrogen) atoms. The van der Waals surface area contributed by atoms with E-state index in [4.69, 9.17) is 21.9 Å². The van der Waals surface area contributed by atoms with Gasteiger partial charge < -0.3 is 37.1 Å². The fourth-order valence-electron chi connectivity index (χ4n) is 6.27. The minimum absolute atomic E-state index is 0.104. The Morgan fingerprint density at radius 3 is 1.74 bits per heavy atom.